The van der Waals surface area contributed by atoms with Crippen LogP contribution >= 0.6 is 11.3 Å². The maximum Gasteiger partial charge on any atom is 0.275 e. The molecule has 0 saturated heterocycles. The summed E-state index contributed by atoms with van der Waals surface area (Å²) in [5, 5.41) is 5.11. The zero-order valence-corrected chi connectivity index (χ0v) is 12.4. The van der Waals surface area contributed by atoms with Crippen LogP contribution in [0, 0.1) is 0 Å². The summed E-state index contributed by atoms with van der Waals surface area (Å²) >= 11 is 1.36. The van der Waals surface area contributed by atoms with E-state index in [1.807, 2.05) is 0 Å². The van der Waals surface area contributed by atoms with Gasteiger partial charge in [-0.15, -0.1) is 11.3 Å². The lowest BCUT2D eigenvalue weighted by Gasteiger charge is -2.06. The van der Waals surface area contributed by atoms with Gasteiger partial charge in [-0.25, -0.2) is 9.97 Å². The zero-order chi connectivity index (χ0) is 15.1. The average Bonchev–Trinajstić information content (AvgIpc) is 2.98. The van der Waals surface area contributed by atoms with Crippen molar-refractivity contribution in [1.82, 2.24) is 9.97 Å². The molecule has 2 aromatic rings. The summed E-state index contributed by atoms with van der Waals surface area (Å²) < 4.78 is 10.2. The Morgan fingerprint density at radius 1 is 1.43 bits per heavy atom. The van der Waals surface area contributed by atoms with Crippen LogP contribution in [0.1, 0.15) is 15.5 Å². The van der Waals surface area contributed by atoms with Crippen molar-refractivity contribution < 1.29 is 14.3 Å². The van der Waals surface area contributed by atoms with Gasteiger partial charge in [0, 0.05) is 25.1 Å². The minimum Gasteiger partial charge on any atom is -0.475 e. The molecule has 1 amide bonds. The van der Waals surface area contributed by atoms with Gasteiger partial charge in [-0.3, -0.25) is 4.79 Å². The van der Waals surface area contributed by atoms with E-state index in [0.717, 1.165) is 5.01 Å². The first-order chi connectivity index (χ1) is 10.2. The molecule has 2 heterocycles. The van der Waals surface area contributed by atoms with E-state index in [1.165, 1.54) is 17.5 Å². The van der Waals surface area contributed by atoms with Crippen molar-refractivity contribution in [2.45, 2.75) is 6.54 Å². The van der Waals surface area contributed by atoms with Gasteiger partial charge in [-0.05, 0) is 6.07 Å². The summed E-state index contributed by atoms with van der Waals surface area (Å²) in [5.74, 6) is 0.185. The third-order valence-electron chi connectivity index (χ3n) is 2.49. The third kappa shape index (κ3) is 4.48. The largest absolute Gasteiger partial charge is 0.475 e. The van der Waals surface area contributed by atoms with Crippen LogP contribution in [0.2, 0.25) is 0 Å². The molecule has 0 saturated carbocycles. The molecule has 7 nitrogen and oxygen atoms in total. The number of thiazole rings is 1. The summed E-state index contributed by atoms with van der Waals surface area (Å²) in [6, 6.07) is 3.39. The second-order valence-corrected chi connectivity index (χ2v) is 4.95. The Balaban J connectivity index is 1.91. The highest BCUT2D eigenvalue weighted by Crippen LogP contribution is 2.14. The van der Waals surface area contributed by atoms with Crippen molar-refractivity contribution in [1.29, 1.82) is 0 Å². The molecule has 3 N–H and O–H groups in total. The van der Waals surface area contributed by atoms with E-state index in [2.05, 4.69) is 15.3 Å². The van der Waals surface area contributed by atoms with Crippen LogP contribution in [0.4, 0.5) is 5.69 Å². The van der Waals surface area contributed by atoms with Gasteiger partial charge in [0.15, 0.2) is 0 Å². The molecule has 0 aliphatic rings. The van der Waals surface area contributed by atoms with Crippen LogP contribution < -0.4 is 15.8 Å². The number of aromatic nitrogens is 2. The van der Waals surface area contributed by atoms with E-state index >= 15 is 0 Å². The summed E-state index contributed by atoms with van der Waals surface area (Å²) in [4.78, 5) is 20.2. The smallest absolute Gasteiger partial charge is 0.275 e. The molecule has 0 fully saturated rings. The minimum absolute atomic E-state index is 0.291. The highest BCUT2D eigenvalue weighted by atomic mass is 32.1. The fourth-order valence-electron chi connectivity index (χ4n) is 1.47. The lowest BCUT2D eigenvalue weighted by atomic mass is 10.4. The average molecular weight is 308 g/mol. The first-order valence-corrected chi connectivity index (χ1v) is 7.14. The SMILES string of the molecule is COCCOc1ccc(NC(=O)c2csc(CN)n2)cn1. The molecule has 112 valence electrons. The van der Waals surface area contributed by atoms with E-state index in [-0.39, 0.29) is 5.91 Å². The molecule has 0 spiro atoms. The van der Waals surface area contributed by atoms with Crippen LogP contribution in [0.15, 0.2) is 23.7 Å². The number of amides is 1. The number of pyridine rings is 1. The van der Waals surface area contributed by atoms with E-state index in [9.17, 15) is 4.79 Å². The molecule has 8 heteroatoms. The molecule has 2 rings (SSSR count). The predicted octanol–water partition coefficient (Wildman–Crippen LogP) is 1.27. The molecule has 0 aliphatic heterocycles. The number of anilines is 1. The summed E-state index contributed by atoms with van der Waals surface area (Å²) in [5.41, 5.74) is 6.38. The summed E-state index contributed by atoms with van der Waals surface area (Å²) in [6.07, 6.45) is 1.52. The maximum absolute atomic E-state index is 12.0. The monoisotopic (exact) mass is 308 g/mol. The van der Waals surface area contributed by atoms with Crippen LogP contribution in [-0.2, 0) is 11.3 Å². The van der Waals surface area contributed by atoms with Gasteiger partial charge in [0.05, 0.1) is 18.5 Å². The number of carbonyl (C=O) groups is 1. The Kier molecular flexibility index (Phi) is 5.61. The van der Waals surface area contributed by atoms with Gasteiger partial charge in [0.25, 0.3) is 5.91 Å². The Morgan fingerprint density at radius 3 is 2.90 bits per heavy atom. The molecule has 0 atom stereocenters. The Labute approximate surface area is 126 Å². The second-order valence-electron chi connectivity index (χ2n) is 4.01. The van der Waals surface area contributed by atoms with Gasteiger partial charge in [0.2, 0.25) is 5.88 Å². The molecule has 21 heavy (non-hydrogen) atoms. The molecule has 0 aliphatic carbocycles. The number of hydrogen-bond donors (Lipinski definition) is 2. The van der Waals surface area contributed by atoms with Crippen molar-refractivity contribution in [3.05, 3.63) is 34.4 Å². The van der Waals surface area contributed by atoms with Crippen LogP contribution in [0.5, 0.6) is 5.88 Å². The lowest BCUT2D eigenvalue weighted by Crippen LogP contribution is -2.13. The number of ether oxygens (including phenoxy) is 2. The summed E-state index contributed by atoms with van der Waals surface area (Å²) in [6.45, 7) is 1.25. The Morgan fingerprint density at radius 2 is 2.29 bits per heavy atom. The molecule has 2 aromatic heterocycles. The van der Waals surface area contributed by atoms with Crippen molar-refractivity contribution in [2.75, 3.05) is 25.6 Å². The molecule has 0 aromatic carbocycles. The second kappa shape index (κ2) is 7.67. The number of nitrogens with zero attached hydrogens (tertiary/aromatic N) is 2. The molecule has 0 bridgehead atoms. The van der Waals surface area contributed by atoms with E-state index in [0.29, 0.717) is 37.0 Å². The Hall–Kier alpha value is -2.03. The van der Waals surface area contributed by atoms with E-state index in [4.69, 9.17) is 15.2 Å². The maximum atomic E-state index is 12.0. The number of rotatable bonds is 7. The standard InChI is InChI=1S/C13H16N4O3S/c1-19-4-5-20-11-3-2-9(7-15-11)16-13(18)10-8-21-12(6-14)17-10/h2-3,7-8H,4-6,14H2,1H3,(H,16,18). The zero-order valence-electron chi connectivity index (χ0n) is 11.5. The first kappa shape index (κ1) is 15.4. The quantitative estimate of drug-likeness (QED) is 0.747. The fourth-order valence-corrected chi connectivity index (χ4v) is 2.13. The van der Waals surface area contributed by atoms with Crippen LogP contribution in [-0.4, -0.2) is 36.2 Å². The fraction of sp³-hybridized carbons (Fsp3) is 0.308. The highest BCUT2D eigenvalue weighted by Gasteiger charge is 2.10. The third-order valence-corrected chi connectivity index (χ3v) is 3.36. The van der Waals surface area contributed by atoms with Gasteiger partial charge in [-0.1, -0.05) is 0 Å². The Bertz CT molecular complexity index is 585. The molecular weight excluding hydrogens is 292 g/mol. The number of hydrogen-bond acceptors (Lipinski definition) is 7. The van der Waals surface area contributed by atoms with E-state index in [1.54, 1.807) is 24.6 Å². The van der Waals surface area contributed by atoms with Gasteiger partial charge < -0.3 is 20.5 Å². The van der Waals surface area contributed by atoms with E-state index < -0.39 is 0 Å². The van der Waals surface area contributed by atoms with Gasteiger partial charge in [-0.2, -0.15) is 0 Å². The van der Waals surface area contributed by atoms with Gasteiger partial charge in [0.1, 0.15) is 17.3 Å². The highest BCUT2D eigenvalue weighted by molar-refractivity contribution is 7.09. The van der Waals surface area contributed by atoms with Crippen molar-refractivity contribution in [3.8, 4) is 5.88 Å². The van der Waals surface area contributed by atoms with Crippen molar-refractivity contribution >= 4 is 22.9 Å². The summed E-state index contributed by atoms with van der Waals surface area (Å²) in [7, 11) is 1.60. The first-order valence-electron chi connectivity index (χ1n) is 6.26. The number of nitrogens with two attached hydrogens (primary N) is 1. The topological polar surface area (TPSA) is 99.4 Å². The van der Waals surface area contributed by atoms with Crippen LogP contribution in [0.3, 0.4) is 0 Å². The van der Waals surface area contributed by atoms with Crippen molar-refractivity contribution in [3.63, 3.8) is 0 Å². The number of carbonyl (C=O) groups excluding carboxylic acids is 1. The molecular formula is C13H16N4O3S. The normalized spacial score (nSPS) is 10.4. The number of methoxy groups -OCH3 is 1. The minimum atomic E-state index is -0.291. The van der Waals surface area contributed by atoms with Crippen LogP contribution in [0.25, 0.3) is 0 Å². The van der Waals surface area contributed by atoms with Crippen molar-refractivity contribution in [2.24, 2.45) is 5.73 Å². The lowest BCUT2D eigenvalue weighted by molar-refractivity contribution is 0.102. The molecule has 0 unspecified atom stereocenters. The molecule has 0 radical (unpaired) electrons. The predicted molar refractivity (Wildman–Crippen MR) is 79.6 cm³/mol. The number of nitrogens with one attached hydrogen (secondary N) is 1. The van der Waals surface area contributed by atoms with Gasteiger partial charge >= 0.3 is 0 Å².